The zero-order valence-corrected chi connectivity index (χ0v) is 14.0. The third-order valence-electron chi connectivity index (χ3n) is 3.49. The first-order valence-electron chi connectivity index (χ1n) is 8.31. The Kier molecular flexibility index (Phi) is 8.65. The smallest absolute Gasteiger partial charge is 0.123 e. The van der Waals surface area contributed by atoms with Gasteiger partial charge in [0, 0.05) is 5.56 Å². The molecule has 0 aliphatic heterocycles. The molecular weight excluding hydrogens is 260 g/mol. The van der Waals surface area contributed by atoms with E-state index in [1.807, 2.05) is 19.9 Å². The summed E-state index contributed by atoms with van der Waals surface area (Å²) in [5.74, 6) is 2.44. The van der Waals surface area contributed by atoms with E-state index in [1.165, 1.54) is 18.4 Å². The maximum Gasteiger partial charge on any atom is 0.123 e. The molecule has 0 spiro atoms. The Morgan fingerprint density at radius 1 is 1.00 bits per heavy atom. The molecule has 0 saturated carbocycles. The fourth-order valence-corrected chi connectivity index (χ4v) is 2.56. The van der Waals surface area contributed by atoms with Gasteiger partial charge in [-0.15, -0.1) is 0 Å². The van der Waals surface area contributed by atoms with Gasteiger partial charge in [0.05, 0.1) is 13.2 Å². The Labute approximate surface area is 130 Å². The Morgan fingerprint density at radius 2 is 1.76 bits per heavy atom. The first kappa shape index (κ1) is 17.6. The SMILES string of the molecule is CC/C=C\CC(CCC)c1cc(OCC)ccc1OCC. The molecule has 1 rings (SSSR count). The summed E-state index contributed by atoms with van der Waals surface area (Å²) < 4.78 is 11.5. The van der Waals surface area contributed by atoms with Gasteiger partial charge in [0.25, 0.3) is 0 Å². The number of benzene rings is 1. The molecule has 0 bridgehead atoms. The van der Waals surface area contributed by atoms with Gasteiger partial charge in [0.15, 0.2) is 0 Å². The summed E-state index contributed by atoms with van der Waals surface area (Å²) in [5.41, 5.74) is 1.28. The number of hydrogen-bond donors (Lipinski definition) is 0. The summed E-state index contributed by atoms with van der Waals surface area (Å²) in [6.07, 6.45) is 9.05. The molecule has 1 aromatic carbocycles. The van der Waals surface area contributed by atoms with Crippen molar-refractivity contribution in [1.29, 1.82) is 0 Å². The van der Waals surface area contributed by atoms with Gasteiger partial charge in [-0.05, 0) is 57.2 Å². The second-order valence-electron chi connectivity index (χ2n) is 5.17. The average molecular weight is 290 g/mol. The van der Waals surface area contributed by atoms with Crippen LogP contribution in [0.4, 0.5) is 0 Å². The second kappa shape index (κ2) is 10.3. The van der Waals surface area contributed by atoms with Gasteiger partial charge in [-0.3, -0.25) is 0 Å². The topological polar surface area (TPSA) is 18.5 Å². The normalized spacial score (nSPS) is 12.6. The van der Waals surface area contributed by atoms with Gasteiger partial charge in [0.1, 0.15) is 11.5 Å². The van der Waals surface area contributed by atoms with E-state index in [0.29, 0.717) is 19.1 Å². The van der Waals surface area contributed by atoms with Crippen LogP contribution in [0.2, 0.25) is 0 Å². The lowest BCUT2D eigenvalue weighted by atomic mass is 9.90. The molecule has 1 unspecified atom stereocenters. The van der Waals surface area contributed by atoms with Crippen molar-refractivity contribution in [1.82, 2.24) is 0 Å². The third-order valence-corrected chi connectivity index (χ3v) is 3.49. The summed E-state index contributed by atoms with van der Waals surface area (Å²) in [6, 6.07) is 6.22. The minimum atomic E-state index is 0.500. The van der Waals surface area contributed by atoms with E-state index in [4.69, 9.17) is 9.47 Å². The van der Waals surface area contributed by atoms with Gasteiger partial charge in [-0.1, -0.05) is 32.4 Å². The van der Waals surface area contributed by atoms with Gasteiger partial charge in [-0.25, -0.2) is 0 Å². The van der Waals surface area contributed by atoms with E-state index in [2.05, 4.69) is 38.1 Å². The lowest BCUT2D eigenvalue weighted by molar-refractivity contribution is 0.324. The van der Waals surface area contributed by atoms with E-state index >= 15 is 0 Å². The fraction of sp³-hybridized carbons (Fsp3) is 0.579. The highest BCUT2D eigenvalue weighted by atomic mass is 16.5. The van der Waals surface area contributed by atoms with E-state index in [0.717, 1.165) is 24.3 Å². The van der Waals surface area contributed by atoms with Crippen LogP contribution < -0.4 is 9.47 Å². The Bertz CT molecular complexity index is 424. The molecule has 0 saturated heterocycles. The van der Waals surface area contributed by atoms with Crippen LogP contribution in [0.25, 0.3) is 0 Å². The van der Waals surface area contributed by atoms with Crippen LogP contribution in [0.3, 0.4) is 0 Å². The maximum absolute atomic E-state index is 5.82. The summed E-state index contributed by atoms with van der Waals surface area (Å²) >= 11 is 0. The van der Waals surface area contributed by atoms with Crippen LogP contribution in [0, 0.1) is 0 Å². The van der Waals surface area contributed by atoms with Crippen molar-refractivity contribution in [2.45, 2.75) is 59.3 Å². The van der Waals surface area contributed by atoms with E-state index in [9.17, 15) is 0 Å². The highest BCUT2D eigenvalue weighted by Crippen LogP contribution is 2.35. The number of rotatable bonds is 10. The molecule has 1 atom stereocenters. The Hall–Kier alpha value is -1.44. The molecule has 0 N–H and O–H groups in total. The molecule has 0 radical (unpaired) electrons. The highest BCUT2D eigenvalue weighted by molar-refractivity contribution is 5.43. The predicted molar refractivity (Wildman–Crippen MR) is 90.5 cm³/mol. The molecular formula is C19H30O2. The molecule has 0 aliphatic carbocycles. The van der Waals surface area contributed by atoms with Gasteiger partial charge < -0.3 is 9.47 Å². The van der Waals surface area contributed by atoms with Crippen molar-refractivity contribution >= 4 is 0 Å². The van der Waals surface area contributed by atoms with Crippen LogP contribution in [0.15, 0.2) is 30.4 Å². The molecule has 0 aromatic heterocycles. The highest BCUT2D eigenvalue weighted by Gasteiger charge is 2.16. The molecule has 118 valence electrons. The molecule has 2 heteroatoms. The molecule has 2 nitrogen and oxygen atoms in total. The molecule has 1 aromatic rings. The number of allylic oxidation sites excluding steroid dienone is 2. The predicted octanol–water partition coefficient (Wildman–Crippen LogP) is 5.72. The quantitative estimate of drug-likeness (QED) is 0.513. The lowest BCUT2D eigenvalue weighted by Crippen LogP contribution is -2.04. The summed E-state index contributed by atoms with van der Waals surface area (Å²) in [6.45, 7) is 9.86. The van der Waals surface area contributed by atoms with Crippen LogP contribution in [-0.2, 0) is 0 Å². The van der Waals surface area contributed by atoms with E-state index in [-0.39, 0.29) is 0 Å². The summed E-state index contributed by atoms with van der Waals surface area (Å²) in [4.78, 5) is 0. The lowest BCUT2D eigenvalue weighted by Gasteiger charge is -2.20. The number of ether oxygens (including phenoxy) is 2. The zero-order chi connectivity index (χ0) is 15.5. The van der Waals surface area contributed by atoms with Gasteiger partial charge >= 0.3 is 0 Å². The van der Waals surface area contributed by atoms with Crippen molar-refractivity contribution in [3.8, 4) is 11.5 Å². The van der Waals surface area contributed by atoms with Crippen LogP contribution in [0.5, 0.6) is 11.5 Å². The molecule has 0 amide bonds. The van der Waals surface area contributed by atoms with E-state index in [1.54, 1.807) is 0 Å². The first-order chi connectivity index (χ1) is 10.3. The fourth-order valence-electron chi connectivity index (χ4n) is 2.56. The zero-order valence-electron chi connectivity index (χ0n) is 14.0. The molecule has 0 fully saturated rings. The van der Waals surface area contributed by atoms with Crippen molar-refractivity contribution < 1.29 is 9.47 Å². The number of hydrogen-bond acceptors (Lipinski definition) is 2. The Balaban J connectivity index is 3.04. The minimum Gasteiger partial charge on any atom is -0.494 e. The average Bonchev–Trinajstić information content (AvgIpc) is 2.49. The maximum atomic E-state index is 5.82. The largest absolute Gasteiger partial charge is 0.494 e. The third kappa shape index (κ3) is 5.82. The van der Waals surface area contributed by atoms with Crippen molar-refractivity contribution in [2.24, 2.45) is 0 Å². The summed E-state index contributed by atoms with van der Waals surface area (Å²) in [5, 5.41) is 0. The first-order valence-corrected chi connectivity index (χ1v) is 8.31. The second-order valence-corrected chi connectivity index (χ2v) is 5.17. The van der Waals surface area contributed by atoms with E-state index < -0.39 is 0 Å². The minimum absolute atomic E-state index is 0.500. The van der Waals surface area contributed by atoms with Crippen LogP contribution in [-0.4, -0.2) is 13.2 Å². The molecule has 0 aliphatic rings. The van der Waals surface area contributed by atoms with Crippen LogP contribution >= 0.6 is 0 Å². The van der Waals surface area contributed by atoms with Gasteiger partial charge in [-0.2, -0.15) is 0 Å². The molecule has 21 heavy (non-hydrogen) atoms. The van der Waals surface area contributed by atoms with Gasteiger partial charge in [0.2, 0.25) is 0 Å². The monoisotopic (exact) mass is 290 g/mol. The van der Waals surface area contributed by atoms with Crippen molar-refractivity contribution in [3.63, 3.8) is 0 Å². The van der Waals surface area contributed by atoms with Crippen LogP contribution in [0.1, 0.15) is 64.9 Å². The van der Waals surface area contributed by atoms with Crippen molar-refractivity contribution in [3.05, 3.63) is 35.9 Å². The van der Waals surface area contributed by atoms with Crippen molar-refractivity contribution in [2.75, 3.05) is 13.2 Å². The molecule has 0 heterocycles. The standard InChI is InChI=1S/C19H30O2/c1-5-9-10-12-16(11-6-2)18-15-17(20-7-3)13-14-19(18)21-8-4/h9-10,13-16H,5-8,11-12H2,1-4H3/b10-9-. The Morgan fingerprint density at radius 3 is 2.38 bits per heavy atom. The summed E-state index contributed by atoms with van der Waals surface area (Å²) in [7, 11) is 0.